The number of amides is 1. The lowest BCUT2D eigenvalue weighted by atomic mass is 10.1. The fraction of sp³-hybridized carbons (Fsp3) is 0.500. The molecule has 1 heterocycles. The molecule has 3 rings (SSSR count). The molecule has 140 valence electrons. The van der Waals surface area contributed by atoms with Crippen LogP contribution >= 0.6 is 0 Å². The molecule has 1 aromatic heterocycles. The van der Waals surface area contributed by atoms with Crippen LogP contribution in [0.4, 0.5) is 0 Å². The first kappa shape index (κ1) is 18.3. The molecule has 0 radical (unpaired) electrons. The van der Waals surface area contributed by atoms with Crippen molar-refractivity contribution >= 4 is 5.91 Å². The quantitative estimate of drug-likeness (QED) is 0.783. The van der Waals surface area contributed by atoms with E-state index in [2.05, 4.69) is 24.3 Å². The van der Waals surface area contributed by atoms with Gasteiger partial charge in [0.05, 0.1) is 31.7 Å². The number of methoxy groups -OCH3 is 2. The van der Waals surface area contributed by atoms with E-state index in [4.69, 9.17) is 9.47 Å². The van der Waals surface area contributed by atoms with E-state index in [-0.39, 0.29) is 5.91 Å². The van der Waals surface area contributed by atoms with Gasteiger partial charge in [0, 0.05) is 18.5 Å². The number of nitrogens with one attached hydrogen (secondary N) is 1. The second kappa shape index (κ2) is 7.81. The van der Waals surface area contributed by atoms with Crippen LogP contribution in [-0.4, -0.2) is 29.9 Å². The minimum atomic E-state index is -0.0729. The summed E-state index contributed by atoms with van der Waals surface area (Å²) in [6.07, 6.45) is 4.98. The molecule has 1 N–H and O–H groups in total. The second-order valence-electron chi connectivity index (χ2n) is 6.79. The molecule has 2 aromatic rings. The molecule has 1 aliphatic rings. The molecule has 1 saturated carbocycles. The molecule has 0 aliphatic heterocycles. The van der Waals surface area contributed by atoms with Crippen LogP contribution in [0.25, 0.3) is 0 Å². The van der Waals surface area contributed by atoms with E-state index in [1.54, 1.807) is 20.4 Å². The number of rotatable bonds is 8. The molecule has 6 nitrogen and oxygen atoms in total. The molecule has 1 atom stereocenters. The van der Waals surface area contributed by atoms with Crippen molar-refractivity contribution < 1.29 is 14.3 Å². The minimum Gasteiger partial charge on any atom is -0.493 e. The number of ether oxygens (including phenoxy) is 2. The van der Waals surface area contributed by atoms with Gasteiger partial charge in [0.2, 0.25) is 0 Å². The number of nitrogens with zero attached hydrogens (tertiary/aromatic N) is 2. The highest BCUT2D eigenvalue weighted by molar-refractivity contribution is 5.95. The average molecular weight is 357 g/mol. The number of hydrogen-bond donors (Lipinski definition) is 1. The smallest absolute Gasteiger partial charge is 0.255 e. The molecule has 1 amide bonds. The van der Waals surface area contributed by atoms with Crippen LogP contribution in [0, 0.1) is 0 Å². The number of benzene rings is 1. The van der Waals surface area contributed by atoms with Gasteiger partial charge in [-0.05, 0) is 43.9 Å². The molecule has 1 aromatic carbocycles. The zero-order valence-electron chi connectivity index (χ0n) is 15.9. The first-order chi connectivity index (χ1) is 12.6. The summed E-state index contributed by atoms with van der Waals surface area (Å²) in [5.41, 5.74) is 2.75. The normalized spacial score (nSPS) is 14.8. The summed E-state index contributed by atoms with van der Waals surface area (Å²) in [4.78, 5) is 12.8. The van der Waals surface area contributed by atoms with Gasteiger partial charge in [-0.3, -0.25) is 9.48 Å². The highest BCUT2D eigenvalue weighted by atomic mass is 16.5. The fourth-order valence-corrected chi connectivity index (χ4v) is 3.10. The first-order valence-electron chi connectivity index (χ1n) is 9.15. The molecular formula is C20H27N3O3. The summed E-state index contributed by atoms with van der Waals surface area (Å²) in [7, 11) is 3.21. The standard InChI is InChI=1S/C20H27N3O3/c1-5-13(2)23-19(15-7-8-15)16(12-22-23)20(24)21-11-14-6-9-17(25-3)18(10-14)26-4/h6,9-10,12-13,15H,5,7-8,11H2,1-4H3,(H,21,24). The van der Waals surface area contributed by atoms with Gasteiger partial charge in [0.15, 0.2) is 11.5 Å². The Morgan fingerprint density at radius 3 is 2.65 bits per heavy atom. The monoisotopic (exact) mass is 357 g/mol. The Morgan fingerprint density at radius 1 is 1.31 bits per heavy atom. The lowest BCUT2D eigenvalue weighted by Crippen LogP contribution is -2.24. The summed E-state index contributed by atoms with van der Waals surface area (Å²) in [6, 6.07) is 5.95. The fourth-order valence-electron chi connectivity index (χ4n) is 3.10. The molecular weight excluding hydrogens is 330 g/mol. The average Bonchev–Trinajstić information content (AvgIpc) is 3.42. The maximum atomic E-state index is 12.8. The Hall–Kier alpha value is -2.50. The van der Waals surface area contributed by atoms with E-state index in [0.717, 1.165) is 30.5 Å². The molecule has 1 aliphatic carbocycles. The predicted molar refractivity (Wildman–Crippen MR) is 99.9 cm³/mol. The van der Waals surface area contributed by atoms with Crippen LogP contribution in [-0.2, 0) is 6.54 Å². The number of aromatic nitrogens is 2. The van der Waals surface area contributed by atoms with E-state index in [0.29, 0.717) is 35.6 Å². The molecule has 0 saturated heterocycles. The van der Waals surface area contributed by atoms with Crippen molar-refractivity contribution in [2.45, 2.75) is 51.6 Å². The number of hydrogen-bond acceptors (Lipinski definition) is 4. The summed E-state index contributed by atoms with van der Waals surface area (Å²) in [6.45, 7) is 4.71. The maximum absolute atomic E-state index is 12.8. The molecule has 26 heavy (non-hydrogen) atoms. The summed E-state index contributed by atoms with van der Waals surface area (Å²) in [5, 5.41) is 7.50. The molecule has 1 fully saturated rings. The van der Waals surface area contributed by atoms with Gasteiger partial charge in [-0.15, -0.1) is 0 Å². The van der Waals surface area contributed by atoms with Crippen molar-refractivity contribution in [2.75, 3.05) is 14.2 Å². The van der Waals surface area contributed by atoms with Crippen LogP contribution in [0.3, 0.4) is 0 Å². The van der Waals surface area contributed by atoms with Crippen molar-refractivity contribution in [3.05, 3.63) is 41.2 Å². The minimum absolute atomic E-state index is 0.0729. The van der Waals surface area contributed by atoms with Crippen molar-refractivity contribution in [2.24, 2.45) is 0 Å². The Labute approximate surface area is 154 Å². The molecule has 0 bridgehead atoms. The Balaban J connectivity index is 1.74. The van der Waals surface area contributed by atoms with Crippen molar-refractivity contribution in [3.8, 4) is 11.5 Å². The topological polar surface area (TPSA) is 65.4 Å². The molecule has 0 spiro atoms. The van der Waals surface area contributed by atoms with Crippen LogP contribution in [0.1, 0.15) is 66.7 Å². The largest absolute Gasteiger partial charge is 0.493 e. The van der Waals surface area contributed by atoms with E-state index in [1.807, 2.05) is 22.9 Å². The maximum Gasteiger partial charge on any atom is 0.255 e. The van der Waals surface area contributed by atoms with Crippen LogP contribution in [0.2, 0.25) is 0 Å². The highest BCUT2D eigenvalue weighted by Crippen LogP contribution is 2.42. The van der Waals surface area contributed by atoms with Gasteiger partial charge in [-0.2, -0.15) is 5.10 Å². The van der Waals surface area contributed by atoms with E-state index in [1.165, 1.54) is 0 Å². The molecule has 6 heteroatoms. The zero-order valence-corrected chi connectivity index (χ0v) is 15.9. The highest BCUT2D eigenvalue weighted by Gasteiger charge is 2.33. The second-order valence-corrected chi connectivity index (χ2v) is 6.79. The third-order valence-electron chi connectivity index (χ3n) is 4.95. The summed E-state index contributed by atoms with van der Waals surface area (Å²) < 4.78 is 12.6. The SMILES string of the molecule is CCC(C)n1ncc(C(=O)NCc2ccc(OC)c(OC)c2)c1C1CC1. The lowest BCUT2D eigenvalue weighted by Gasteiger charge is -2.15. The van der Waals surface area contributed by atoms with Crippen LogP contribution in [0.15, 0.2) is 24.4 Å². The van der Waals surface area contributed by atoms with Crippen molar-refractivity contribution in [3.63, 3.8) is 0 Å². The molecule has 1 unspecified atom stereocenters. The van der Waals surface area contributed by atoms with Crippen LogP contribution in [0.5, 0.6) is 11.5 Å². The number of carbonyl (C=O) groups is 1. The van der Waals surface area contributed by atoms with E-state index in [9.17, 15) is 4.79 Å². The summed E-state index contributed by atoms with van der Waals surface area (Å²) in [5.74, 6) is 1.72. The Bertz CT molecular complexity index is 781. The van der Waals surface area contributed by atoms with Crippen molar-refractivity contribution in [1.29, 1.82) is 0 Å². The first-order valence-corrected chi connectivity index (χ1v) is 9.15. The zero-order chi connectivity index (χ0) is 18.7. The number of carbonyl (C=O) groups excluding carboxylic acids is 1. The third kappa shape index (κ3) is 3.69. The van der Waals surface area contributed by atoms with Gasteiger partial charge in [0.1, 0.15) is 0 Å². The van der Waals surface area contributed by atoms with E-state index < -0.39 is 0 Å². The van der Waals surface area contributed by atoms with E-state index >= 15 is 0 Å². The predicted octanol–water partition coefficient (Wildman–Crippen LogP) is 3.68. The van der Waals surface area contributed by atoms with Gasteiger partial charge >= 0.3 is 0 Å². The van der Waals surface area contributed by atoms with Crippen molar-refractivity contribution in [1.82, 2.24) is 15.1 Å². The van der Waals surface area contributed by atoms with Gasteiger partial charge < -0.3 is 14.8 Å². The third-order valence-corrected chi connectivity index (χ3v) is 4.95. The van der Waals surface area contributed by atoms with Gasteiger partial charge in [0.25, 0.3) is 5.91 Å². The Morgan fingerprint density at radius 2 is 2.04 bits per heavy atom. The lowest BCUT2D eigenvalue weighted by molar-refractivity contribution is 0.0949. The van der Waals surface area contributed by atoms with Gasteiger partial charge in [-0.25, -0.2) is 0 Å². The van der Waals surface area contributed by atoms with Gasteiger partial charge in [-0.1, -0.05) is 13.0 Å². The van der Waals surface area contributed by atoms with Crippen LogP contribution < -0.4 is 14.8 Å². The summed E-state index contributed by atoms with van der Waals surface area (Å²) >= 11 is 0. The Kier molecular flexibility index (Phi) is 5.49.